The molecule has 1 N–H and O–H groups in total. The molecule has 0 rings (SSSR count). The van der Waals surface area contributed by atoms with Crippen LogP contribution in [0, 0.1) is 0 Å². The van der Waals surface area contributed by atoms with Gasteiger partial charge in [0, 0.05) is 12.8 Å². The summed E-state index contributed by atoms with van der Waals surface area (Å²) in [5, 5.41) is 8.95. The topological polar surface area (TPSA) is 63.6 Å². The molecule has 0 bridgehead atoms. The van der Waals surface area contributed by atoms with E-state index in [9.17, 15) is 9.59 Å². The maximum atomic E-state index is 12.4. The van der Waals surface area contributed by atoms with Gasteiger partial charge in [-0.25, -0.2) is 0 Å². The van der Waals surface area contributed by atoms with E-state index in [1.54, 1.807) is 0 Å². The van der Waals surface area contributed by atoms with Crippen molar-refractivity contribution >= 4 is 11.9 Å². The summed E-state index contributed by atoms with van der Waals surface area (Å²) in [5.41, 5.74) is 0. The van der Waals surface area contributed by atoms with E-state index in [0.717, 1.165) is 25.7 Å². The van der Waals surface area contributed by atoms with Gasteiger partial charge in [0.2, 0.25) is 0 Å². The van der Waals surface area contributed by atoms with E-state index in [1.165, 1.54) is 128 Å². The third-order valence-electron chi connectivity index (χ3n) is 7.58. The molecular weight excluding hydrogens is 460 g/mol. The molecule has 0 aromatic rings. The summed E-state index contributed by atoms with van der Waals surface area (Å²) in [6.07, 6.45) is 32.5. The fraction of sp³-hybridized carbons (Fsp3) is 0.939. The van der Waals surface area contributed by atoms with Crippen molar-refractivity contribution < 1.29 is 19.4 Å². The van der Waals surface area contributed by atoms with Gasteiger partial charge >= 0.3 is 11.9 Å². The Labute approximate surface area is 231 Å². The lowest BCUT2D eigenvalue weighted by molar-refractivity contribution is -0.150. The summed E-state index contributed by atoms with van der Waals surface area (Å²) in [7, 11) is 0. The number of hydrogen-bond donors (Lipinski definition) is 1. The first-order chi connectivity index (χ1) is 18.1. The van der Waals surface area contributed by atoms with Crippen LogP contribution in [0.25, 0.3) is 0 Å². The minimum atomic E-state index is -0.768. The fourth-order valence-corrected chi connectivity index (χ4v) is 5.13. The molecule has 0 aliphatic rings. The van der Waals surface area contributed by atoms with E-state index in [-0.39, 0.29) is 18.5 Å². The lowest BCUT2D eigenvalue weighted by atomic mass is 10.0. The standard InChI is InChI=1S/C33H64O4/c1-3-5-7-9-11-13-15-16-17-19-21-23-25-30-33(36)37-31(28-26-29-32(34)35)27-24-22-20-18-14-12-10-8-6-4-2/h31H,3-30H2,1-2H3,(H,34,35). The molecule has 220 valence electrons. The van der Waals surface area contributed by atoms with Crippen molar-refractivity contribution in [1.82, 2.24) is 0 Å². The number of carbonyl (C=O) groups is 2. The van der Waals surface area contributed by atoms with Gasteiger partial charge in [-0.15, -0.1) is 0 Å². The van der Waals surface area contributed by atoms with Gasteiger partial charge in [0.25, 0.3) is 0 Å². The third-order valence-corrected chi connectivity index (χ3v) is 7.58. The second-order valence-corrected chi connectivity index (χ2v) is 11.4. The monoisotopic (exact) mass is 524 g/mol. The number of rotatable bonds is 30. The van der Waals surface area contributed by atoms with Crippen LogP contribution in [0.3, 0.4) is 0 Å². The first-order valence-corrected chi connectivity index (χ1v) is 16.5. The molecule has 0 saturated carbocycles. The molecule has 0 aliphatic carbocycles. The van der Waals surface area contributed by atoms with Crippen LogP contribution in [0.15, 0.2) is 0 Å². The molecule has 0 aromatic carbocycles. The quantitative estimate of drug-likeness (QED) is 0.0749. The van der Waals surface area contributed by atoms with Crippen molar-refractivity contribution in [2.45, 2.75) is 200 Å². The van der Waals surface area contributed by atoms with Crippen LogP contribution in [0.1, 0.15) is 194 Å². The number of carbonyl (C=O) groups excluding carboxylic acids is 1. The number of unbranched alkanes of at least 4 members (excludes halogenated alkanes) is 21. The van der Waals surface area contributed by atoms with Gasteiger partial charge in [0.15, 0.2) is 0 Å². The van der Waals surface area contributed by atoms with Gasteiger partial charge in [0.05, 0.1) is 0 Å². The van der Waals surface area contributed by atoms with Crippen molar-refractivity contribution in [1.29, 1.82) is 0 Å². The van der Waals surface area contributed by atoms with Gasteiger partial charge in [-0.05, 0) is 32.1 Å². The first-order valence-electron chi connectivity index (χ1n) is 16.5. The number of carboxylic acid groups (broad SMARTS) is 1. The predicted octanol–water partition coefficient (Wildman–Crippen LogP) is 10.9. The summed E-state index contributed by atoms with van der Waals surface area (Å²) in [5.74, 6) is -0.855. The minimum Gasteiger partial charge on any atom is -0.481 e. The number of esters is 1. The van der Waals surface area contributed by atoms with Gasteiger partial charge in [-0.2, -0.15) is 0 Å². The second kappa shape index (κ2) is 29.5. The summed E-state index contributed by atoms with van der Waals surface area (Å²) in [6, 6.07) is 0. The maximum absolute atomic E-state index is 12.4. The highest BCUT2D eigenvalue weighted by Crippen LogP contribution is 2.18. The van der Waals surface area contributed by atoms with Crippen LogP contribution >= 0.6 is 0 Å². The normalized spacial score (nSPS) is 12.1. The Morgan fingerprint density at radius 2 is 0.838 bits per heavy atom. The zero-order valence-corrected chi connectivity index (χ0v) is 25.0. The predicted molar refractivity (Wildman–Crippen MR) is 158 cm³/mol. The fourth-order valence-electron chi connectivity index (χ4n) is 5.13. The Morgan fingerprint density at radius 1 is 0.486 bits per heavy atom. The Hall–Kier alpha value is -1.06. The molecule has 4 nitrogen and oxygen atoms in total. The molecule has 37 heavy (non-hydrogen) atoms. The zero-order chi connectivity index (χ0) is 27.2. The van der Waals surface area contributed by atoms with Crippen LogP contribution in [0.2, 0.25) is 0 Å². The van der Waals surface area contributed by atoms with Gasteiger partial charge in [-0.1, -0.05) is 149 Å². The highest BCUT2D eigenvalue weighted by atomic mass is 16.5. The number of ether oxygens (including phenoxy) is 1. The minimum absolute atomic E-state index is 0.0875. The molecular formula is C33H64O4. The maximum Gasteiger partial charge on any atom is 0.306 e. The summed E-state index contributed by atoms with van der Waals surface area (Å²) < 4.78 is 5.79. The van der Waals surface area contributed by atoms with Gasteiger partial charge in [0.1, 0.15) is 6.10 Å². The molecule has 0 spiro atoms. The molecule has 0 heterocycles. The number of aliphatic carboxylic acids is 1. The van der Waals surface area contributed by atoms with Crippen LogP contribution in [-0.4, -0.2) is 23.1 Å². The SMILES string of the molecule is CCCCCCCCCCCCCCCC(=O)OC(CCCCCCCCCCCC)CCCC(=O)O. The van der Waals surface area contributed by atoms with E-state index in [0.29, 0.717) is 19.3 Å². The van der Waals surface area contributed by atoms with Crippen LogP contribution in [0.4, 0.5) is 0 Å². The van der Waals surface area contributed by atoms with Crippen molar-refractivity contribution in [3.8, 4) is 0 Å². The molecule has 0 saturated heterocycles. The van der Waals surface area contributed by atoms with E-state index in [4.69, 9.17) is 9.84 Å². The molecule has 4 heteroatoms. The van der Waals surface area contributed by atoms with E-state index in [2.05, 4.69) is 13.8 Å². The lowest BCUT2D eigenvalue weighted by Crippen LogP contribution is -2.18. The lowest BCUT2D eigenvalue weighted by Gasteiger charge is -2.18. The number of hydrogen-bond acceptors (Lipinski definition) is 3. The summed E-state index contributed by atoms with van der Waals surface area (Å²) >= 11 is 0. The van der Waals surface area contributed by atoms with Crippen LogP contribution < -0.4 is 0 Å². The largest absolute Gasteiger partial charge is 0.481 e. The molecule has 0 radical (unpaired) electrons. The smallest absolute Gasteiger partial charge is 0.306 e. The highest BCUT2D eigenvalue weighted by Gasteiger charge is 2.15. The molecule has 0 aliphatic heterocycles. The molecule has 0 aromatic heterocycles. The zero-order valence-electron chi connectivity index (χ0n) is 25.0. The average molecular weight is 525 g/mol. The van der Waals surface area contributed by atoms with E-state index < -0.39 is 5.97 Å². The number of carboxylic acids is 1. The average Bonchev–Trinajstić information content (AvgIpc) is 2.87. The van der Waals surface area contributed by atoms with E-state index in [1.807, 2.05) is 0 Å². The Morgan fingerprint density at radius 3 is 1.24 bits per heavy atom. The Bertz CT molecular complexity index is 491. The summed E-state index contributed by atoms with van der Waals surface area (Å²) in [4.78, 5) is 23.3. The molecule has 1 unspecified atom stereocenters. The Balaban J connectivity index is 3.82. The van der Waals surface area contributed by atoms with Gasteiger partial charge < -0.3 is 9.84 Å². The van der Waals surface area contributed by atoms with Gasteiger partial charge in [-0.3, -0.25) is 9.59 Å². The van der Waals surface area contributed by atoms with Crippen molar-refractivity contribution in [2.75, 3.05) is 0 Å². The van der Waals surface area contributed by atoms with Crippen molar-refractivity contribution in [3.63, 3.8) is 0 Å². The molecule has 0 amide bonds. The van der Waals surface area contributed by atoms with Crippen LogP contribution in [-0.2, 0) is 14.3 Å². The Kier molecular flexibility index (Phi) is 28.7. The summed E-state index contributed by atoms with van der Waals surface area (Å²) in [6.45, 7) is 4.52. The van der Waals surface area contributed by atoms with E-state index >= 15 is 0 Å². The molecule has 1 atom stereocenters. The third kappa shape index (κ3) is 29.4. The second-order valence-electron chi connectivity index (χ2n) is 11.4. The first kappa shape index (κ1) is 35.9. The van der Waals surface area contributed by atoms with Crippen LogP contribution in [0.5, 0.6) is 0 Å². The van der Waals surface area contributed by atoms with Crippen molar-refractivity contribution in [2.24, 2.45) is 0 Å². The van der Waals surface area contributed by atoms with Crippen molar-refractivity contribution in [3.05, 3.63) is 0 Å². The highest BCUT2D eigenvalue weighted by molar-refractivity contribution is 5.69. The molecule has 0 fully saturated rings.